The lowest BCUT2D eigenvalue weighted by atomic mass is 9.84. The largest absolute Gasteiger partial charge is 0.0616 e. The molecule has 0 heterocycles. The van der Waals surface area contributed by atoms with Gasteiger partial charge in [0.05, 0.1) is 0 Å². The Bertz CT molecular complexity index is 2910. The number of hydrogen-bond acceptors (Lipinski definition) is 0. The van der Waals surface area contributed by atoms with Crippen LogP contribution in [0.25, 0.3) is 98.4 Å². The summed E-state index contributed by atoms with van der Waals surface area (Å²) < 4.78 is 0. The molecule has 0 aliphatic heterocycles. The molecule has 0 saturated heterocycles. The Morgan fingerprint density at radius 2 is 0.500 bits per heavy atom. The van der Waals surface area contributed by atoms with Gasteiger partial charge in [0.2, 0.25) is 0 Å². The van der Waals surface area contributed by atoms with Crippen molar-refractivity contribution in [3.63, 3.8) is 0 Å². The maximum atomic E-state index is 2.42. The van der Waals surface area contributed by atoms with Crippen LogP contribution in [0, 0.1) is 0 Å². The minimum atomic E-state index is 1.21. The Morgan fingerprint density at radius 3 is 1.00 bits per heavy atom. The van der Waals surface area contributed by atoms with Gasteiger partial charge in [-0.15, -0.1) is 0 Å². The first-order chi connectivity index (χ1) is 24.8. The molecule has 0 atom stereocenters. The van der Waals surface area contributed by atoms with Crippen molar-refractivity contribution in [1.29, 1.82) is 0 Å². The summed E-state index contributed by atoms with van der Waals surface area (Å²) in [6, 6.07) is 71.5. The third-order valence-electron chi connectivity index (χ3n) is 10.4. The second kappa shape index (κ2) is 11.6. The van der Waals surface area contributed by atoms with Crippen molar-refractivity contribution in [1.82, 2.24) is 0 Å². The molecule has 0 nitrogen and oxygen atoms in total. The molecule has 10 aromatic carbocycles. The smallest absolute Gasteiger partial charge is 0.00259 e. The van der Waals surface area contributed by atoms with Gasteiger partial charge in [0.1, 0.15) is 0 Å². The topological polar surface area (TPSA) is 0 Å². The summed E-state index contributed by atoms with van der Waals surface area (Å²) in [4.78, 5) is 0. The molecule has 0 fully saturated rings. The number of benzene rings is 10. The molecule has 0 unspecified atom stereocenters. The molecular weight excluding hydrogens is 601 g/mol. The SMILES string of the molecule is c1ccc2cc(-c3ccc(-c4ccc5c(-c6ccc7ccccc7c6)c6ccccc6c(-c6ccc7ccccc7c6)c5c4)cc3)ccc2c1. The van der Waals surface area contributed by atoms with Crippen LogP contribution < -0.4 is 0 Å². The molecule has 232 valence electrons. The predicted octanol–water partition coefficient (Wildman–Crippen LogP) is 14.1. The molecule has 0 aliphatic carbocycles. The van der Waals surface area contributed by atoms with Crippen LogP contribution >= 0.6 is 0 Å². The van der Waals surface area contributed by atoms with Crippen LogP contribution in [-0.4, -0.2) is 0 Å². The van der Waals surface area contributed by atoms with Gasteiger partial charge < -0.3 is 0 Å². The number of fused-ring (bicyclic) bond motifs is 5. The van der Waals surface area contributed by atoms with Crippen molar-refractivity contribution >= 4 is 53.9 Å². The summed E-state index contributed by atoms with van der Waals surface area (Å²) in [7, 11) is 0. The molecule has 0 aliphatic rings. The van der Waals surface area contributed by atoms with Crippen LogP contribution in [0.4, 0.5) is 0 Å². The van der Waals surface area contributed by atoms with Crippen LogP contribution in [0.15, 0.2) is 194 Å². The van der Waals surface area contributed by atoms with Gasteiger partial charge in [-0.3, -0.25) is 0 Å². The van der Waals surface area contributed by atoms with Crippen molar-refractivity contribution in [2.75, 3.05) is 0 Å². The third kappa shape index (κ3) is 4.77. The van der Waals surface area contributed by atoms with Gasteiger partial charge >= 0.3 is 0 Å². The van der Waals surface area contributed by atoms with Gasteiger partial charge in [0, 0.05) is 0 Å². The summed E-state index contributed by atoms with van der Waals surface area (Å²) in [5, 5.41) is 12.6. The second-order valence-corrected chi connectivity index (χ2v) is 13.3. The number of hydrogen-bond donors (Lipinski definition) is 0. The zero-order valence-corrected chi connectivity index (χ0v) is 27.5. The maximum Gasteiger partial charge on any atom is -0.00259 e. The van der Waals surface area contributed by atoms with Gasteiger partial charge in [0.15, 0.2) is 0 Å². The van der Waals surface area contributed by atoms with Crippen LogP contribution in [0.3, 0.4) is 0 Å². The zero-order valence-electron chi connectivity index (χ0n) is 27.5. The lowest BCUT2D eigenvalue weighted by molar-refractivity contribution is 1.61. The van der Waals surface area contributed by atoms with Gasteiger partial charge in [-0.05, 0) is 123 Å². The van der Waals surface area contributed by atoms with Crippen molar-refractivity contribution in [3.05, 3.63) is 194 Å². The second-order valence-electron chi connectivity index (χ2n) is 13.3. The first-order valence-corrected chi connectivity index (χ1v) is 17.3. The minimum absolute atomic E-state index is 1.21. The number of rotatable bonds is 4. The Balaban J connectivity index is 1.20. The molecule has 0 amide bonds. The normalized spacial score (nSPS) is 11.6. The predicted molar refractivity (Wildman–Crippen MR) is 216 cm³/mol. The van der Waals surface area contributed by atoms with Crippen molar-refractivity contribution in [2.45, 2.75) is 0 Å². The first kappa shape index (κ1) is 28.5. The van der Waals surface area contributed by atoms with Crippen LogP contribution in [-0.2, 0) is 0 Å². The quantitative estimate of drug-likeness (QED) is 0.169. The summed E-state index contributed by atoms with van der Waals surface area (Å²) in [5.74, 6) is 0. The summed E-state index contributed by atoms with van der Waals surface area (Å²) >= 11 is 0. The third-order valence-corrected chi connectivity index (χ3v) is 10.4. The highest BCUT2D eigenvalue weighted by atomic mass is 14.2. The molecule has 10 rings (SSSR count). The van der Waals surface area contributed by atoms with Crippen molar-refractivity contribution in [2.24, 2.45) is 0 Å². The van der Waals surface area contributed by atoms with Crippen LogP contribution in [0.2, 0.25) is 0 Å². The zero-order chi connectivity index (χ0) is 33.0. The standard InChI is InChI=1S/C50H32/c1-4-12-38-29-41(24-21-33(38)9-1)36-17-19-37(20-18-36)42-27-28-47-48(32-42)50(44-26-23-35-11-3-6-14-40(35)31-44)46-16-8-7-15-45(46)49(47)43-25-22-34-10-2-5-13-39(34)30-43/h1-32H. The fourth-order valence-electron chi connectivity index (χ4n) is 7.89. The monoisotopic (exact) mass is 632 g/mol. The molecular formula is C50H32. The Morgan fingerprint density at radius 1 is 0.180 bits per heavy atom. The Labute approximate surface area is 291 Å². The van der Waals surface area contributed by atoms with E-state index in [4.69, 9.17) is 0 Å². The van der Waals surface area contributed by atoms with E-state index in [9.17, 15) is 0 Å². The van der Waals surface area contributed by atoms with Crippen LogP contribution in [0.5, 0.6) is 0 Å². The molecule has 0 heteroatoms. The fourth-order valence-corrected chi connectivity index (χ4v) is 7.89. The van der Waals surface area contributed by atoms with E-state index in [0.29, 0.717) is 0 Å². The lowest BCUT2D eigenvalue weighted by Gasteiger charge is -2.19. The summed E-state index contributed by atoms with van der Waals surface area (Å²) in [5.41, 5.74) is 9.91. The minimum Gasteiger partial charge on any atom is -0.0616 e. The molecule has 0 saturated carbocycles. The van der Waals surface area contributed by atoms with E-state index in [0.717, 1.165) is 0 Å². The van der Waals surface area contributed by atoms with Gasteiger partial charge in [0.25, 0.3) is 0 Å². The summed E-state index contributed by atoms with van der Waals surface area (Å²) in [6.45, 7) is 0. The molecule has 50 heavy (non-hydrogen) atoms. The molecule has 0 bridgehead atoms. The van der Waals surface area contributed by atoms with E-state index in [2.05, 4.69) is 194 Å². The van der Waals surface area contributed by atoms with Gasteiger partial charge in [-0.2, -0.15) is 0 Å². The van der Waals surface area contributed by atoms with E-state index < -0.39 is 0 Å². The highest BCUT2D eigenvalue weighted by Gasteiger charge is 2.18. The molecule has 0 N–H and O–H groups in total. The average Bonchev–Trinajstić information content (AvgIpc) is 3.19. The molecule has 0 radical (unpaired) electrons. The molecule has 10 aromatic rings. The first-order valence-electron chi connectivity index (χ1n) is 17.3. The Hall–Kier alpha value is -6.50. The van der Waals surface area contributed by atoms with E-state index >= 15 is 0 Å². The van der Waals surface area contributed by atoms with E-state index in [1.54, 1.807) is 0 Å². The fraction of sp³-hybridized carbons (Fsp3) is 0. The van der Waals surface area contributed by atoms with Crippen molar-refractivity contribution in [3.8, 4) is 44.5 Å². The van der Waals surface area contributed by atoms with Crippen LogP contribution in [0.1, 0.15) is 0 Å². The summed E-state index contributed by atoms with van der Waals surface area (Å²) in [6.07, 6.45) is 0. The average molecular weight is 633 g/mol. The Kier molecular flexibility index (Phi) is 6.60. The van der Waals surface area contributed by atoms with E-state index in [-0.39, 0.29) is 0 Å². The van der Waals surface area contributed by atoms with E-state index in [1.165, 1.54) is 98.4 Å². The van der Waals surface area contributed by atoms with E-state index in [1.807, 2.05) is 0 Å². The van der Waals surface area contributed by atoms with Gasteiger partial charge in [-0.1, -0.05) is 170 Å². The lowest BCUT2D eigenvalue weighted by Crippen LogP contribution is -1.92. The highest BCUT2D eigenvalue weighted by molar-refractivity contribution is 6.22. The maximum absolute atomic E-state index is 2.42. The highest BCUT2D eigenvalue weighted by Crippen LogP contribution is 2.45. The van der Waals surface area contributed by atoms with Gasteiger partial charge in [-0.25, -0.2) is 0 Å². The molecule has 0 spiro atoms. The van der Waals surface area contributed by atoms with Crippen molar-refractivity contribution < 1.29 is 0 Å². The molecule has 0 aromatic heterocycles.